The highest BCUT2D eigenvalue weighted by Gasteiger charge is 2.35. The summed E-state index contributed by atoms with van der Waals surface area (Å²) in [6.45, 7) is 3.10. The maximum Gasteiger partial charge on any atom is 0.253 e. The molecule has 0 aliphatic carbocycles. The van der Waals surface area contributed by atoms with Gasteiger partial charge in [0.15, 0.2) is 0 Å². The predicted octanol–water partition coefficient (Wildman–Crippen LogP) is 3.60. The van der Waals surface area contributed by atoms with Gasteiger partial charge in [0.25, 0.3) is 5.91 Å². The summed E-state index contributed by atoms with van der Waals surface area (Å²) in [5.41, 5.74) is 9.13. The van der Waals surface area contributed by atoms with Gasteiger partial charge in [-0.2, -0.15) is 5.10 Å². The van der Waals surface area contributed by atoms with Gasteiger partial charge in [0.05, 0.1) is 6.04 Å². The zero-order valence-electron chi connectivity index (χ0n) is 20.4. The second-order valence-electron chi connectivity index (χ2n) is 9.31. The Balaban J connectivity index is 1.41. The number of nitrogens with two attached hydrogens (primary N) is 1. The molecule has 1 fully saturated rings. The van der Waals surface area contributed by atoms with E-state index in [2.05, 4.69) is 10.1 Å². The highest BCUT2D eigenvalue weighted by atomic mass is 16.5. The summed E-state index contributed by atoms with van der Waals surface area (Å²) in [5.74, 6) is 0.477. The fraction of sp³-hybridized carbons (Fsp3) is 0.321. The number of carbonyl (C=O) groups is 1. The molecular formula is C28H31N5O3. The van der Waals surface area contributed by atoms with Crippen molar-refractivity contribution in [3.05, 3.63) is 71.3 Å². The summed E-state index contributed by atoms with van der Waals surface area (Å²) >= 11 is 0. The van der Waals surface area contributed by atoms with Crippen LogP contribution in [0.15, 0.2) is 59.7 Å². The number of piperidine rings is 1. The number of ether oxygens (including phenoxy) is 1. The van der Waals surface area contributed by atoms with Crippen LogP contribution in [0.1, 0.15) is 42.5 Å². The average molecular weight is 486 g/mol. The number of nitrogens with one attached hydrogen (secondary N) is 1. The van der Waals surface area contributed by atoms with Gasteiger partial charge >= 0.3 is 0 Å². The molecule has 0 aromatic heterocycles. The number of fused-ring (bicyclic) bond motifs is 2. The number of carbonyl (C=O) groups excluding carboxylic acids is 1. The van der Waals surface area contributed by atoms with Gasteiger partial charge in [-0.25, -0.2) is 0 Å². The maximum absolute atomic E-state index is 12.8. The molecule has 36 heavy (non-hydrogen) atoms. The molecule has 0 radical (unpaired) electrons. The van der Waals surface area contributed by atoms with E-state index in [0.29, 0.717) is 12.0 Å². The van der Waals surface area contributed by atoms with E-state index < -0.39 is 6.61 Å². The minimum absolute atomic E-state index is 0.0176. The molecule has 1 saturated heterocycles. The molecule has 0 unspecified atom stereocenters. The molecule has 4 N–H and O–H groups in total. The van der Waals surface area contributed by atoms with Crippen molar-refractivity contribution in [2.24, 2.45) is 10.8 Å². The monoisotopic (exact) mass is 485 g/mol. The number of aliphatic hydroxyl groups excluding tert-OH is 1. The Bertz CT molecular complexity index is 1330. The maximum atomic E-state index is 12.8. The summed E-state index contributed by atoms with van der Waals surface area (Å²) in [5, 5.41) is 25.9. The Hall–Kier alpha value is -3.91. The van der Waals surface area contributed by atoms with E-state index in [9.17, 15) is 9.90 Å². The smallest absolute Gasteiger partial charge is 0.253 e. The van der Waals surface area contributed by atoms with Crippen LogP contribution in [0.3, 0.4) is 0 Å². The van der Waals surface area contributed by atoms with Crippen molar-refractivity contribution in [2.45, 2.75) is 38.3 Å². The summed E-state index contributed by atoms with van der Waals surface area (Å²) < 4.78 is 6.30. The third-order valence-corrected chi connectivity index (χ3v) is 7.00. The van der Waals surface area contributed by atoms with Crippen LogP contribution in [0.5, 0.6) is 5.75 Å². The zero-order chi connectivity index (χ0) is 25.2. The number of hydrogen-bond acceptors (Lipinski definition) is 6. The first-order valence-corrected chi connectivity index (χ1v) is 12.3. The number of rotatable bonds is 6. The number of nitrogen functional groups attached to an aromatic ring is 1. The van der Waals surface area contributed by atoms with E-state index >= 15 is 0 Å². The number of hydrazone groups is 1. The van der Waals surface area contributed by atoms with Gasteiger partial charge < -0.3 is 20.5 Å². The molecular weight excluding hydrogens is 454 g/mol. The zero-order valence-corrected chi connectivity index (χ0v) is 20.4. The Labute approximate surface area is 210 Å². The van der Waals surface area contributed by atoms with Crippen molar-refractivity contribution >= 4 is 34.4 Å². The van der Waals surface area contributed by atoms with Crippen LogP contribution in [0.2, 0.25) is 0 Å². The van der Waals surface area contributed by atoms with Crippen molar-refractivity contribution in [3.63, 3.8) is 0 Å². The van der Waals surface area contributed by atoms with Crippen LogP contribution in [0.4, 0.5) is 5.69 Å². The Morgan fingerprint density at radius 2 is 1.92 bits per heavy atom. The van der Waals surface area contributed by atoms with Crippen LogP contribution >= 0.6 is 0 Å². The van der Waals surface area contributed by atoms with Gasteiger partial charge in [-0.1, -0.05) is 24.3 Å². The first kappa shape index (κ1) is 23.8. The number of anilines is 1. The van der Waals surface area contributed by atoms with Crippen LogP contribution in [-0.2, 0) is 11.2 Å². The summed E-state index contributed by atoms with van der Waals surface area (Å²) in [7, 11) is 0. The largest absolute Gasteiger partial charge is 0.490 e. The Kier molecular flexibility index (Phi) is 6.61. The van der Waals surface area contributed by atoms with Crippen LogP contribution in [0, 0.1) is 5.41 Å². The minimum Gasteiger partial charge on any atom is -0.490 e. The molecule has 8 nitrogen and oxygen atoms in total. The molecule has 186 valence electrons. The molecule has 1 amide bonds. The van der Waals surface area contributed by atoms with Gasteiger partial charge in [0, 0.05) is 43.4 Å². The van der Waals surface area contributed by atoms with E-state index in [1.165, 1.54) is 0 Å². The molecule has 2 aliphatic heterocycles. The SMILES string of the molecule is C/C=N/N1CCC(Oc2ccc3c(c2)C[C@H](c2ccc4ccc(C(=N)N)cc4c2)N3C(=O)CO)CC1. The third kappa shape index (κ3) is 4.64. The first-order chi connectivity index (χ1) is 17.5. The first-order valence-electron chi connectivity index (χ1n) is 12.3. The summed E-state index contributed by atoms with van der Waals surface area (Å²) in [4.78, 5) is 14.5. The highest BCUT2D eigenvalue weighted by molar-refractivity contribution is 6.00. The van der Waals surface area contributed by atoms with Crippen LogP contribution in [-0.4, -0.2) is 53.9 Å². The number of benzene rings is 3. The molecule has 5 rings (SSSR count). The third-order valence-electron chi connectivity index (χ3n) is 7.00. The van der Waals surface area contributed by atoms with Gasteiger partial charge in [-0.15, -0.1) is 0 Å². The Morgan fingerprint density at radius 1 is 1.14 bits per heavy atom. The second kappa shape index (κ2) is 9.99. The highest BCUT2D eigenvalue weighted by Crippen LogP contribution is 2.43. The predicted molar refractivity (Wildman–Crippen MR) is 142 cm³/mol. The van der Waals surface area contributed by atoms with Crippen LogP contribution in [0.25, 0.3) is 10.8 Å². The average Bonchev–Trinajstić information content (AvgIpc) is 3.27. The van der Waals surface area contributed by atoms with E-state index in [-0.39, 0.29) is 23.9 Å². The second-order valence-corrected chi connectivity index (χ2v) is 9.31. The molecule has 8 heteroatoms. The van der Waals surface area contributed by atoms with Gasteiger partial charge in [0.2, 0.25) is 0 Å². The number of amides is 1. The minimum atomic E-state index is -0.560. The lowest BCUT2D eigenvalue weighted by Crippen LogP contribution is -2.35. The molecule has 2 heterocycles. The van der Waals surface area contributed by atoms with Crippen molar-refractivity contribution in [3.8, 4) is 5.75 Å². The normalized spacial score (nSPS) is 18.1. The lowest BCUT2D eigenvalue weighted by molar-refractivity contribution is -0.121. The lowest BCUT2D eigenvalue weighted by Gasteiger charge is -2.30. The Morgan fingerprint density at radius 3 is 2.64 bits per heavy atom. The van der Waals surface area contributed by atoms with Gasteiger partial charge in [0.1, 0.15) is 24.3 Å². The molecule has 3 aromatic carbocycles. The van der Waals surface area contributed by atoms with Gasteiger partial charge in [-0.05, 0) is 65.6 Å². The topological polar surface area (TPSA) is 115 Å². The van der Waals surface area contributed by atoms with Crippen molar-refractivity contribution in [1.82, 2.24) is 5.01 Å². The van der Waals surface area contributed by atoms with Crippen molar-refractivity contribution in [2.75, 3.05) is 24.6 Å². The fourth-order valence-electron chi connectivity index (χ4n) is 5.22. The quantitative estimate of drug-likeness (QED) is 0.365. The number of amidine groups is 1. The molecule has 3 aromatic rings. The van der Waals surface area contributed by atoms with Crippen LogP contribution < -0.4 is 15.4 Å². The molecule has 2 aliphatic rings. The molecule has 0 saturated carbocycles. The van der Waals surface area contributed by atoms with E-state index in [1.807, 2.05) is 67.7 Å². The number of aliphatic hydroxyl groups is 1. The van der Waals surface area contributed by atoms with Crippen molar-refractivity contribution in [1.29, 1.82) is 5.41 Å². The number of nitrogens with zero attached hydrogens (tertiary/aromatic N) is 3. The molecule has 0 spiro atoms. The summed E-state index contributed by atoms with van der Waals surface area (Å²) in [6, 6.07) is 17.4. The number of hydrogen-bond donors (Lipinski definition) is 3. The van der Waals surface area contributed by atoms with Crippen molar-refractivity contribution < 1.29 is 14.6 Å². The fourth-order valence-corrected chi connectivity index (χ4v) is 5.22. The molecule has 1 atom stereocenters. The standard InChI is InChI=1S/C28H31N5O3/c1-2-31-32-11-9-23(10-12-32)36-24-7-8-25-22(15-24)16-26(33(25)27(35)17-34)19-5-3-18-4-6-20(28(29)30)14-21(18)13-19/h2-8,13-15,23,26,34H,9-12,16-17H2,1H3,(H3,29,30)/b31-2+/t26-/m1/s1. The lowest BCUT2D eigenvalue weighted by atomic mass is 9.97. The van der Waals surface area contributed by atoms with E-state index in [4.69, 9.17) is 15.9 Å². The van der Waals surface area contributed by atoms with E-state index in [0.717, 1.165) is 59.3 Å². The van der Waals surface area contributed by atoms with E-state index in [1.54, 1.807) is 4.90 Å². The molecule has 0 bridgehead atoms. The van der Waals surface area contributed by atoms with Gasteiger partial charge in [-0.3, -0.25) is 15.2 Å². The summed E-state index contributed by atoms with van der Waals surface area (Å²) in [6.07, 6.45) is 4.39.